The average Bonchev–Trinajstić information content (AvgIpc) is 2.86. The molecule has 2 aromatic carbocycles. The van der Waals surface area contributed by atoms with E-state index in [1.807, 2.05) is 67.6 Å². The van der Waals surface area contributed by atoms with Crippen molar-refractivity contribution in [2.24, 2.45) is 18.2 Å². The first-order valence-corrected chi connectivity index (χ1v) is 12.1. The van der Waals surface area contributed by atoms with Crippen LogP contribution in [0, 0.1) is 5.41 Å². The first-order valence-electron chi connectivity index (χ1n) is 12.1. The van der Waals surface area contributed by atoms with Gasteiger partial charge in [0.25, 0.3) is 5.56 Å². The number of aryl methyl sites for hydroxylation is 1. The van der Waals surface area contributed by atoms with E-state index in [4.69, 9.17) is 10.5 Å². The smallest absolute Gasteiger partial charge is 0.411 e. The second-order valence-corrected chi connectivity index (χ2v) is 10.3. The number of carbonyl (C=O) groups excluding carboxylic acids is 2. The van der Waals surface area contributed by atoms with Crippen LogP contribution in [0.5, 0.6) is 0 Å². The first kappa shape index (κ1) is 25.2. The predicted molar refractivity (Wildman–Crippen MR) is 139 cm³/mol. The number of nitrogens with zero attached hydrogens (tertiary/aromatic N) is 2. The molecule has 3 aromatic rings. The molecule has 1 fully saturated rings. The molecule has 0 spiro atoms. The molecule has 0 bridgehead atoms. The minimum atomic E-state index is -0.934. The van der Waals surface area contributed by atoms with Gasteiger partial charge < -0.3 is 19.9 Å². The largest absolute Gasteiger partial charge is 0.438 e. The summed E-state index contributed by atoms with van der Waals surface area (Å²) in [6, 6.07) is 20.7. The summed E-state index contributed by atoms with van der Waals surface area (Å²) in [5.74, 6) is -0.430. The summed E-state index contributed by atoms with van der Waals surface area (Å²) in [5, 5.41) is 0. The number of nitrogens with two attached hydrogens (primary N) is 1. The summed E-state index contributed by atoms with van der Waals surface area (Å²) in [5.41, 5.74) is 7.42. The summed E-state index contributed by atoms with van der Waals surface area (Å²) >= 11 is 0. The van der Waals surface area contributed by atoms with Crippen molar-refractivity contribution >= 4 is 12.0 Å². The van der Waals surface area contributed by atoms with Gasteiger partial charge in [-0.15, -0.1) is 0 Å². The van der Waals surface area contributed by atoms with Gasteiger partial charge in [0.05, 0.1) is 6.04 Å². The van der Waals surface area contributed by atoms with Crippen molar-refractivity contribution in [3.8, 4) is 11.1 Å². The van der Waals surface area contributed by atoms with E-state index in [0.29, 0.717) is 19.4 Å². The van der Waals surface area contributed by atoms with Crippen molar-refractivity contribution in [3.05, 3.63) is 94.4 Å². The van der Waals surface area contributed by atoms with E-state index in [1.165, 1.54) is 4.57 Å². The van der Waals surface area contributed by atoms with Crippen molar-refractivity contribution in [1.82, 2.24) is 9.47 Å². The molecule has 188 valence electrons. The molecule has 7 nitrogen and oxygen atoms in total. The number of aromatic nitrogens is 1. The molecule has 4 rings (SSSR count). The number of amides is 2. The summed E-state index contributed by atoms with van der Waals surface area (Å²) in [7, 11) is 1.72. The van der Waals surface area contributed by atoms with Crippen LogP contribution >= 0.6 is 0 Å². The summed E-state index contributed by atoms with van der Waals surface area (Å²) < 4.78 is 7.69. The summed E-state index contributed by atoms with van der Waals surface area (Å²) in [6.07, 6.45) is 2.16. The van der Waals surface area contributed by atoms with Crippen molar-refractivity contribution in [2.45, 2.75) is 45.3 Å². The number of primary amides is 1. The van der Waals surface area contributed by atoms with Crippen molar-refractivity contribution in [1.29, 1.82) is 0 Å². The third-order valence-electron chi connectivity index (χ3n) is 7.27. The Hall–Kier alpha value is -3.87. The highest BCUT2D eigenvalue weighted by Crippen LogP contribution is 2.44. The van der Waals surface area contributed by atoms with Crippen LogP contribution in [0.1, 0.15) is 50.8 Å². The van der Waals surface area contributed by atoms with E-state index in [0.717, 1.165) is 22.3 Å². The monoisotopic (exact) mass is 487 g/mol. The summed E-state index contributed by atoms with van der Waals surface area (Å²) in [4.78, 5) is 39.2. The normalized spacial score (nSPS) is 19.0. The number of carbonyl (C=O) groups is 2. The van der Waals surface area contributed by atoms with Crippen LogP contribution in [0.2, 0.25) is 0 Å². The molecule has 2 amide bonds. The third-order valence-corrected chi connectivity index (χ3v) is 7.27. The Balaban J connectivity index is 1.56. The highest BCUT2D eigenvalue weighted by molar-refractivity contribution is 5.80. The quantitative estimate of drug-likeness (QED) is 0.520. The minimum absolute atomic E-state index is 0.0672. The van der Waals surface area contributed by atoms with Gasteiger partial charge >= 0.3 is 6.09 Å². The van der Waals surface area contributed by atoms with Gasteiger partial charge in [-0.05, 0) is 35.2 Å². The van der Waals surface area contributed by atoms with E-state index in [-0.39, 0.29) is 11.6 Å². The molecule has 2 heterocycles. The Morgan fingerprint density at radius 2 is 1.72 bits per heavy atom. The Kier molecular flexibility index (Phi) is 6.76. The number of rotatable bonds is 7. The van der Waals surface area contributed by atoms with Crippen LogP contribution in [-0.2, 0) is 22.2 Å². The summed E-state index contributed by atoms with van der Waals surface area (Å²) in [6.45, 7) is 6.01. The van der Waals surface area contributed by atoms with Crippen molar-refractivity contribution < 1.29 is 14.3 Å². The molecular weight excluding hydrogens is 454 g/mol. The van der Waals surface area contributed by atoms with Crippen LogP contribution in [-0.4, -0.2) is 28.0 Å². The molecule has 0 saturated carbocycles. The zero-order chi connectivity index (χ0) is 26.1. The number of benzene rings is 2. The molecule has 1 aromatic heterocycles. The Labute approximate surface area is 211 Å². The lowest BCUT2D eigenvalue weighted by atomic mass is 9.74. The molecule has 2 atom stereocenters. The fourth-order valence-corrected chi connectivity index (χ4v) is 4.86. The van der Waals surface area contributed by atoms with Gasteiger partial charge in [-0.25, -0.2) is 4.79 Å². The highest BCUT2D eigenvalue weighted by atomic mass is 16.6. The molecule has 1 saturated heterocycles. The maximum Gasteiger partial charge on any atom is 0.411 e. The van der Waals surface area contributed by atoms with Crippen molar-refractivity contribution in [3.63, 3.8) is 0 Å². The number of hydrogen-bond donors (Lipinski definition) is 1. The van der Waals surface area contributed by atoms with Gasteiger partial charge in [-0.1, -0.05) is 68.4 Å². The fourth-order valence-electron chi connectivity index (χ4n) is 4.86. The standard InChI is InChI=1S/C29H33N3O4/c1-20(21-10-12-22(13-11-21)23-14-16-31(4)25(33)18-23)32-17-15-29(36-27(32)35,19-28(2,3)26(30)34)24-8-6-5-7-9-24/h5-14,16,18,20H,15,17,19H2,1-4H3,(H2,30,34)/t20-,29?/m0/s1. The van der Waals surface area contributed by atoms with Gasteiger partial charge in [-0.3, -0.25) is 9.59 Å². The Bertz CT molecular complexity index is 1310. The molecule has 7 heteroatoms. The van der Waals surface area contributed by atoms with Gasteiger partial charge in [-0.2, -0.15) is 0 Å². The minimum Gasteiger partial charge on any atom is -0.438 e. The zero-order valence-corrected chi connectivity index (χ0v) is 21.2. The predicted octanol–water partition coefficient (Wildman–Crippen LogP) is 4.75. The van der Waals surface area contributed by atoms with E-state index >= 15 is 0 Å². The number of cyclic esters (lactones) is 1. The van der Waals surface area contributed by atoms with Crippen molar-refractivity contribution in [2.75, 3.05) is 6.54 Å². The molecular formula is C29H33N3O4. The van der Waals surface area contributed by atoms with Crippen LogP contribution < -0.4 is 11.3 Å². The lowest BCUT2D eigenvalue weighted by Crippen LogP contribution is -2.51. The fraction of sp³-hybridized carbons (Fsp3) is 0.345. The molecule has 0 radical (unpaired) electrons. The van der Waals surface area contributed by atoms with Crippen LogP contribution in [0.4, 0.5) is 4.79 Å². The molecule has 2 N–H and O–H groups in total. The molecule has 1 aliphatic rings. The van der Waals surface area contributed by atoms with Crippen LogP contribution in [0.3, 0.4) is 0 Å². The maximum absolute atomic E-state index is 13.4. The van der Waals surface area contributed by atoms with Gasteiger partial charge in [0, 0.05) is 44.1 Å². The van der Waals surface area contributed by atoms with Gasteiger partial charge in [0.15, 0.2) is 0 Å². The van der Waals surface area contributed by atoms with E-state index in [9.17, 15) is 14.4 Å². The zero-order valence-electron chi connectivity index (χ0n) is 21.2. The van der Waals surface area contributed by atoms with Gasteiger partial charge in [0.2, 0.25) is 5.91 Å². The van der Waals surface area contributed by atoms with Crippen LogP contribution in [0.15, 0.2) is 77.7 Å². The third kappa shape index (κ3) is 4.91. The number of hydrogen-bond acceptors (Lipinski definition) is 4. The Morgan fingerprint density at radius 1 is 1.06 bits per heavy atom. The highest BCUT2D eigenvalue weighted by Gasteiger charge is 2.48. The number of pyridine rings is 1. The molecule has 1 unspecified atom stereocenters. The Morgan fingerprint density at radius 3 is 2.31 bits per heavy atom. The maximum atomic E-state index is 13.4. The number of ether oxygens (including phenoxy) is 1. The molecule has 0 aliphatic carbocycles. The second kappa shape index (κ2) is 9.64. The van der Waals surface area contributed by atoms with E-state index in [1.54, 1.807) is 38.1 Å². The topological polar surface area (TPSA) is 94.6 Å². The first-order chi connectivity index (χ1) is 17.0. The molecule has 36 heavy (non-hydrogen) atoms. The second-order valence-electron chi connectivity index (χ2n) is 10.3. The SMILES string of the molecule is C[C@@H](c1ccc(-c2ccn(C)c(=O)c2)cc1)N1CCC(CC(C)(C)C(N)=O)(c2ccccc2)OC1=O. The lowest BCUT2D eigenvalue weighted by Gasteiger charge is -2.46. The molecule has 1 aliphatic heterocycles. The lowest BCUT2D eigenvalue weighted by molar-refractivity contribution is -0.133. The van der Waals surface area contributed by atoms with E-state index in [2.05, 4.69) is 0 Å². The average molecular weight is 488 g/mol. The van der Waals surface area contributed by atoms with Gasteiger partial charge in [0.1, 0.15) is 5.60 Å². The van der Waals surface area contributed by atoms with E-state index < -0.39 is 23.0 Å². The van der Waals surface area contributed by atoms with Crippen LogP contribution in [0.25, 0.3) is 11.1 Å².